The lowest BCUT2D eigenvalue weighted by Gasteiger charge is -2.35. The van der Waals surface area contributed by atoms with E-state index in [1.54, 1.807) is 30.3 Å². The molecule has 2 aromatic rings. The average molecular weight is 468 g/mol. The Kier molecular flexibility index (Phi) is 7.68. The lowest BCUT2D eigenvalue weighted by Crippen LogP contribution is -2.40. The number of halogens is 1. The lowest BCUT2D eigenvalue weighted by molar-refractivity contribution is -0.115. The normalized spacial score (nSPS) is 19.5. The van der Waals surface area contributed by atoms with Crippen molar-refractivity contribution in [1.29, 1.82) is 0 Å². The van der Waals surface area contributed by atoms with Gasteiger partial charge in [-0.3, -0.25) is 9.59 Å². The Morgan fingerprint density at radius 2 is 2.12 bits per heavy atom. The molecule has 2 aliphatic rings. The second-order valence-corrected chi connectivity index (χ2v) is 8.91. The lowest BCUT2D eigenvalue weighted by atomic mass is 10.00. The molecule has 0 aliphatic carbocycles. The largest absolute Gasteiger partial charge is 0.449 e. The molecule has 2 aromatic carbocycles. The van der Waals surface area contributed by atoms with E-state index in [-0.39, 0.29) is 17.6 Å². The number of benzene rings is 2. The fraction of sp³-hybridized carbons (Fsp3) is 0.385. The molecule has 2 N–H and O–H groups in total. The number of amides is 2. The van der Waals surface area contributed by atoms with Gasteiger partial charge in [0.2, 0.25) is 0 Å². The van der Waals surface area contributed by atoms with Crippen LogP contribution in [0.4, 0.5) is 5.69 Å². The standard InChI is InChI=1S/C26H30ClN3O3/c1-2-20-9-5-6-14-30(20)15-7-13-28-25(31)19-11-12-23-22(16-19)29-26(32)24(33-23)17-18-8-3-4-10-21(18)27/h3-4,8,10-12,16-17,20H,2,5-7,9,13-15H2,1H3,(H,28,31)(H,29,32)/b24-17-. The molecule has 1 saturated heterocycles. The number of nitrogens with one attached hydrogen (secondary N) is 2. The second kappa shape index (κ2) is 10.9. The van der Waals surface area contributed by atoms with Gasteiger partial charge >= 0.3 is 0 Å². The topological polar surface area (TPSA) is 70.7 Å². The first-order valence-corrected chi connectivity index (χ1v) is 12.0. The minimum Gasteiger partial charge on any atom is -0.449 e. The van der Waals surface area contributed by atoms with Gasteiger partial charge in [0.15, 0.2) is 11.5 Å². The number of likely N-dealkylation sites (tertiary alicyclic amines) is 1. The zero-order valence-electron chi connectivity index (χ0n) is 18.9. The van der Waals surface area contributed by atoms with E-state index in [9.17, 15) is 9.59 Å². The Hall–Kier alpha value is -2.83. The minimum absolute atomic E-state index is 0.149. The maximum atomic E-state index is 12.6. The fourth-order valence-corrected chi connectivity index (χ4v) is 4.63. The summed E-state index contributed by atoms with van der Waals surface area (Å²) in [5, 5.41) is 6.33. The highest BCUT2D eigenvalue weighted by atomic mass is 35.5. The van der Waals surface area contributed by atoms with E-state index < -0.39 is 0 Å². The van der Waals surface area contributed by atoms with Crippen molar-refractivity contribution in [2.75, 3.05) is 25.0 Å². The molecule has 2 heterocycles. The number of piperidine rings is 1. The number of anilines is 1. The minimum atomic E-state index is -0.382. The molecular weight excluding hydrogens is 438 g/mol. The SMILES string of the molecule is CCC1CCCCN1CCCNC(=O)c1ccc2c(c1)NC(=O)/C(=C/c1ccccc1Cl)O2. The van der Waals surface area contributed by atoms with Crippen LogP contribution in [0.2, 0.25) is 5.02 Å². The third-order valence-corrected chi connectivity index (χ3v) is 6.60. The molecule has 33 heavy (non-hydrogen) atoms. The van der Waals surface area contributed by atoms with E-state index in [1.807, 2.05) is 18.2 Å². The summed E-state index contributed by atoms with van der Waals surface area (Å²) in [6.45, 7) is 5.03. The molecule has 4 rings (SSSR count). The molecule has 174 valence electrons. The first-order chi connectivity index (χ1) is 16.0. The number of nitrogens with zero attached hydrogens (tertiary/aromatic N) is 1. The van der Waals surface area contributed by atoms with Crippen molar-refractivity contribution in [2.24, 2.45) is 0 Å². The Morgan fingerprint density at radius 1 is 1.27 bits per heavy atom. The van der Waals surface area contributed by atoms with Crippen molar-refractivity contribution in [3.63, 3.8) is 0 Å². The number of carbonyl (C=O) groups excluding carboxylic acids is 2. The van der Waals surface area contributed by atoms with Crippen molar-refractivity contribution in [2.45, 2.75) is 45.1 Å². The Bertz CT molecular complexity index is 1050. The van der Waals surface area contributed by atoms with Gasteiger partial charge in [0.25, 0.3) is 11.8 Å². The molecule has 0 aromatic heterocycles. The number of fused-ring (bicyclic) bond motifs is 1. The van der Waals surface area contributed by atoms with Crippen molar-refractivity contribution in [1.82, 2.24) is 10.2 Å². The van der Waals surface area contributed by atoms with Crippen molar-refractivity contribution < 1.29 is 14.3 Å². The van der Waals surface area contributed by atoms with Crippen LogP contribution in [-0.2, 0) is 4.79 Å². The quantitative estimate of drug-likeness (QED) is 0.439. The van der Waals surface area contributed by atoms with E-state index in [0.29, 0.717) is 40.2 Å². The molecule has 0 spiro atoms. The Labute approximate surface area is 199 Å². The highest BCUT2D eigenvalue weighted by molar-refractivity contribution is 6.32. The zero-order chi connectivity index (χ0) is 23.2. The molecule has 1 atom stereocenters. The molecule has 1 fully saturated rings. The number of hydrogen-bond acceptors (Lipinski definition) is 4. The van der Waals surface area contributed by atoms with E-state index >= 15 is 0 Å². The Balaban J connectivity index is 1.34. The predicted octanol–water partition coefficient (Wildman–Crippen LogP) is 5.10. The maximum absolute atomic E-state index is 12.6. The Morgan fingerprint density at radius 3 is 2.94 bits per heavy atom. The van der Waals surface area contributed by atoms with Gasteiger partial charge in [-0.15, -0.1) is 0 Å². The number of rotatable bonds is 7. The van der Waals surface area contributed by atoms with Gasteiger partial charge in [-0.05, 0) is 68.1 Å². The smallest absolute Gasteiger partial charge is 0.291 e. The summed E-state index contributed by atoms with van der Waals surface area (Å²) in [6.07, 6.45) is 7.57. The number of ether oxygens (including phenoxy) is 1. The molecule has 0 bridgehead atoms. The van der Waals surface area contributed by atoms with Crippen LogP contribution in [0, 0.1) is 0 Å². The van der Waals surface area contributed by atoms with Crippen molar-refractivity contribution >= 4 is 35.2 Å². The fourth-order valence-electron chi connectivity index (χ4n) is 4.44. The second-order valence-electron chi connectivity index (χ2n) is 8.50. The van der Waals surface area contributed by atoms with Crippen LogP contribution >= 0.6 is 11.6 Å². The molecular formula is C26H30ClN3O3. The van der Waals surface area contributed by atoms with E-state index in [1.165, 1.54) is 25.7 Å². The molecule has 2 amide bonds. The number of carbonyl (C=O) groups is 2. The third kappa shape index (κ3) is 5.75. The summed E-state index contributed by atoms with van der Waals surface area (Å²) in [6, 6.07) is 12.9. The van der Waals surface area contributed by atoms with Gasteiger partial charge in [-0.1, -0.05) is 43.1 Å². The van der Waals surface area contributed by atoms with Crippen LogP contribution in [0.15, 0.2) is 48.2 Å². The first kappa shape index (κ1) is 23.3. The van der Waals surface area contributed by atoms with Crippen LogP contribution < -0.4 is 15.4 Å². The van der Waals surface area contributed by atoms with Crippen LogP contribution in [0.1, 0.15) is 54.9 Å². The van der Waals surface area contributed by atoms with Crippen LogP contribution in [0.3, 0.4) is 0 Å². The molecule has 2 aliphatic heterocycles. The highest BCUT2D eigenvalue weighted by Gasteiger charge is 2.24. The van der Waals surface area contributed by atoms with E-state index in [4.69, 9.17) is 16.3 Å². The summed E-state index contributed by atoms with van der Waals surface area (Å²) in [5.74, 6) is 0.0955. The zero-order valence-corrected chi connectivity index (χ0v) is 19.7. The maximum Gasteiger partial charge on any atom is 0.291 e. The van der Waals surface area contributed by atoms with E-state index in [0.717, 1.165) is 19.5 Å². The molecule has 0 radical (unpaired) electrons. The first-order valence-electron chi connectivity index (χ1n) is 11.7. The molecule has 0 saturated carbocycles. The average Bonchev–Trinajstić information content (AvgIpc) is 2.83. The van der Waals surface area contributed by atoms with Crippen molar-refractivity contribution in [3.05, 3.63) is 64.4 Å². The van der Waals surface area contributed by atoms with Gasteiger partial charge < -0.3 is 20.3 Å². The van der Waals surface area contributed by atoms with Gasteiger partial charge in [-0.25, -0.2) is 0 Å². The predicted molar refractivity (Wildman–Crippen MR) is 132 cm³/mol. The monoisotopic (exact) mass is 467 g/mol. The van der Waals surface area contributed by atoms with Gasteiger partial charge in [0, 0.05) is 29.7 Å². The van der Waals surface area contributed by atoms with Gasteiger partial charge in [0.1, 0.15) is 0 Å². The number of hydrogen-bond donors (Lipinski definition) is 2. The third-order valence-electron chi connectivity index (χ3n) is 6.25. The molecule has 6 nitrogen and oxygen atoms in total. The van der Waals surface area contributed by atoms with E-state index in [2.05, 4.69) is 22.5 Å². The van der Waals surface area contributed by atoms with Gasteiger partial charge in [-0.2, -0.15) is 0 Å². The summed E-state index contributed by atoms with van der Waals surface area (Å²) in [7, 11) is 0. The molecule has 1 unspecified atom stereocenters. The summed E-state index contributed by atoms with van der Waals surface area (Å²) in [4.78, 5) is 27.7. The summed E-state index contributed by atoms with van der Waals surface area (Å²) >= 11 is 6.18. The van der Waals surface area contributed by atoms with Crippen LogP contribution in [-0.4, -0.2) is 42.4 Å². The van der Waals surface area contributed by atoms with Crippen LogP contribution in [0.5, 0.6) is 5.75 Å². The van der Waals surface area contributed by atoms with Crippen LogP contribution in [0.25, 0.3) is 6.08 Å². The molecule has 7 heteroatoms. The highest BCUT2D eigenvalue weighted by Crippen LogP contribution is 2.33. The van der Waals surface area contributed by atoms with Gasteiger partial charge in [0.05, 0.1) is 5.69 Å². The summed E-state index contributed by atoms with van der Waals surface area (Å²) < 4.78 is 5.78. The summed E-state index contributed by atoms with van der Waals surface area (Å²) in [5.41, 5.74) is 1.65. The van der Waals surface area contributed by atoms with Crippen molar-refractivity contribution in [3.8, 4) is 5.75 Å².